The van der Waals surface area contributed by atoms with Gasteiger partial charge in [-0.2, -0.15) is 0 Å². The molecule has 0 fully saturated rings. The highest BCUT2D eigenvalue weighted by molar-refractivity contribution is 8.14. The summed E-state index contributed by atoms with van der Waals surface area (Å²) in [5.74, 6) is -0.174. The van der Waals surface area contributed by atoms with E-state index in [-0.39, 0.29) is 41.2 Å². The molecule has 1 aromatic heterocycles. The fourth-order valence-corrected chi connectivity index (χ4v) is 6.41. The molecule has 218 valence electrons. The van der Waals surface area contributed by atoms with Crippen LogP contribution >= 0.6 is 23.1 Å². The number of para-hydroxylation sites is 1. The van der Waals surface area contributed by atoms with Crippen LogP contribution in [0.1, 0.15) is 28.8 Å². The van der Waals surface area contributed by atoms with Crippen molar-refractivity contribution in [2.75, 3.05) is 12.3 Å². The highest BCUT2D eigenvalue weighted by Gasteiger charge is 2.41. The standard InChI is InChI=1S/C28H28N6O5S3/c29-42(38,39)20-9-7-18(8-10-20)13-14-30-25(36)17-41-28-33-22-6-2-1-5-21(22)26-32-23(27(37)34(26)28)11-12-24(35)31-16-19-4-3-15-40-19/h1-10,15,23H,11-14,16-17H2,(H,30,36)(H,31,35)(H2,29,38,39)/t23-/m0/s1. The van der Waals surface area contributed by atoms with Gasteiger partial charge in [-0.25, -0.2) is 23.4 Å². The summed E-state index contributed by atoms with van der Waals surface area (Å²) in [4.78, 5) is 50.3. The summed E-state index contributed by atoms with van der Waals surface area (Å²) in [5, 5.41) is 13.1. The Balaban J connectivity index is 1.16. The number of hydrogen-bond donors (Lipinski definition) is 3. The Morgan fingerprint density at radius 3 is 2.55 bits per heavy atom. The minimum atomic E-state index is -3.76. The van der Waals surface area contributed by atoms with E-state index in [1.807, 2.05) is 41.8 Å². The average Bonchev–Trinajstić information content (AvgIpc) is 3.61. The molecule has 14 heteroatoms. The van der Waals surface area contributed by atoms with Gasteiger partial charge in [0.15, 0.2) is 5.17 Å². The molecule has 0 bridgehead atoms. The van der Waals surface area contributed by atoms with E-state index in [9.17, 15) is 22.8 Å². The summed E-state index contributed by atoms with van der Waals surface area (Å²) in [7, 11) is -3.76. The van der Waals surface area contributed by atoms with E-state index >= 15 is 0 Å². The molecule has 42 heavy (non-hydrogen) atoms. The van der Waals surface area contributed by atoms with Gasteiger partial charge in [0.25, 0.3) is 5.91 Å². The molecule has 0 saturated carbocycles. The first kappa shape index (κ1) is 29.6. The predicted octanol–water partition coefficient (Wildman–Crippen LogP) is 2.54. The maximum Gasteiger partial charge on any atom is 0.259 e. The van der Waals surface area contributed by atoms with Crippen LogP contribution in [-0.2, 0) is 37.4 Å². The van der Waals surface area contributed by atoms with E-state index in [1.165, 1.54) is 17.0 Å². The lowest BCUT2D eigenvalue weighted by molar-refractivity contribution is -0.125. The Morgan fingerprint density at radius 2 is 1.81 bits per heavy atom. The van der Waals surface area contributed by atoms with Gasteiger partial charge in [-0.15, -0.1) is 11.3 Å². The van der Waals surface area contributed by atoms with Crippen LogP contribution in [0.4, 0.5) is 5.69 Å². The number of carbonyl (C=O) groups is 3. The molecule has 1 atom stereocenters. The second-order valence-electron chi connectivity index (χ2n) is 9.53. The first-order valence-electron chi connectivity index (χ1n) is 13.1. The van der Waals surface area contributed by atoms with Crippen molar-refractivity contribution in [1.29, 1.82) is 0 Å². The third-order valence-electron chi connectivity index (χ3n) is 6.55. The van der Waals surface area contributed by atoms with Crippen molar-refractivity contribution in [3.63, 3.8) is 0 Å². The van der Waals surface area contributed by atoms with E-state index in [1.54, 1.807) is 23.5 Å². The molecular formula is C28H28N6O5S3. The predicted molar refractivity (Wildman–Crippen MR) is 163 cm³/mol. The van der Waals surface area contributed by atoms with Gasteiger partial charge in [0.1, 0.15) is 11.9 Å². The van der Waals surface area contributed by atoms with Crippen LogP contribution in [0.2, 0.25) is 0 Å². The van der Waals surface area contributed by atoms with Crippen molar-refractivity contribution in [2.24, 2.45) is 15.1 Å². The van der Waals surface area contributed by atoms with E-state index < -0.39 is 16.1 Å². The zero-order valence-electron chi connectivity index (χ0n) is 22.4. The minimum Gasteiger partial charge on any atom is -0.355 e. The summed E-state index contributed by atoms with van der Waals surface area (Å²) < 4.78 is 22.8. The fourth-order valence-electron chi connectivity index (χ4n) is 4.42. The first-order chi connectivity index (χ1) is 20.2. The fraction of sp³-hybridized carbons (Fsp3) is 0.250. The molecule has 3 amide bonds. The molecule has 2 aromatic carbocycles. The molecule has 3 heterocycles. The number of thioether (sulfide) groups is 1. The number of amidine groups is 2. The summed E-state index contributed by atoms with van der Waals surface area (Å²) in [6.07, 6.45) is 0.911. The van der Waals surface area contributed by atoms with Crippen LogP contribution in [0.5, 0.6) is 0 Å². The lowest BCUT2D eigenvalue weighted by Gasteiger charge is -2.25. The van der Waals surface area contributed by atoms with E-state index in [0.29, 0.717) is 36.2 Å². The van der Waals surface area contributed by atoms with Crippen molar-refractivity contribution < 1.29 is 22.8 Å². The zero-order chi connectivity index (χ0) is 29.7. The number of carbonyl (C=O) groups excluding carboxylic acids is 3. The number of primary sulfonamides is 1. The third kappa shape index (κ3) is 7.13. The second kappa shape index (κ2) is 13.0. The van der Waals surface area contributed by atoms with Crippen molar-refractivity contribution in [2.45, 2.75) is 36.7 Å². The number of nitrogens with two attached hydrogens (primary N) is 1. The monoisotopic (exact) mass is 624 g/mol. The number of nitrogens with one attached hydrogen (secondary N) is 2. The first-order valence-corrected chi connectivity index (χ1v) is 16.5. The number of benzene rings is 2. The lowest BCUT2D eigenvalue weighted by atomic mass is 10.1. The van der Waals surface area contributed by atoms with Gasteiger partial charge >= 0.3 is 0 Å². The van der Waals surface area contributed by atoms with E-state index in [0.717, 1.165) is 27.8 Å². The van der Waals surface area contributed by atoms with Crippen LogP contribution in [-0.4, -0.2) is 60.4 Å². The van der Waals surface area contributed by atoms with Crippen LogP contribution < -0.4 is 15.8 Å². The third-order valence-corrected chi connectivity index (χ3v) is 9.30. The van der Waals surface area contributed by atoms with E-state index in [2.05, 4.69) is 20.6 Å². The molecule has 5 rings (SSSR count). The van der Waals surface area contributed by atoms with Gasteiger partial charge in [0, 0.05) is 23.4 Å². The number of fused-ring (bicyclic) bond motifs is 3. The van der Waals surface area contributed by atoms with Crippen LogP contribution in [0, 0.1) is 0 Å². The maximum absolute atomic E-state index is 13.4. The highest BCUT2D eigenvalue weighted by atomic mass is 32.2. The Bertz CT molecular complexity index is 1650. The molecule has 3 aromatic rings. The van der Waals surface area contributed by atoms with Gasteiger partial charge in [0.2, 0.25) is 21.8 Å². The molecular weight excluding hydrogens is 597 g/mol. The summed E-state index contributed by atoms with van der Waals surface area (Å²) in [5.41, 5.74) is 2.22. The molecule has 11 nitrogen and oxygen atoms in total. The summed E-state index contributed by atoms with van der Waals surface area (Å²) in [6.45, 7) is 0.791. The normalized spacial score (nSPS) is 15.9. The molecule has 2 aliphatic rings. The maximum atomic E-state index is 13.4. The highest BCUT2D eigenvalue weighted by Crippen LogP contribution is 2.34. The minimum absolute atomic E-state index is 0.0260. The van der Waals surface area contributed by atoms with Crippen LogP contribution in [0.25, 0.3) is 0 Å². The zero-order valence-corrected chi connectivity index (χ0v) is 24.8. The second-order valence-corrected chi connectivity index (χ2v) is 13.1. The topological polar surface area (TPSA) is 163 Å². The molecule has 4 N–H and O–H groups in total. The molecule has 0 aliphatic carbocycles. The molecule has 0 saturated heterocycles. The summed E-state index contributed by atoms with van der Waals surface area (Å²) in [6, 6.07) is 16.7. The SMILES string of the molecule is NS(=O)(=O)c1ccc(CCNC(=O)CSC2=Nc3ccccc3C3=N[C@@H](CCC(=O)NCc4cccs4)C(=O)N23)cc1. The molecule has 0 radical (unpaired) electrons. The largest absolute Gasteiger partial charge is 0.355 e. The number of thiophene rings is 1. The number of hydrogen-bond acceptors (Lipinski definition) is 9. The summed E-state index contributed by atoms with van der Waals surface area (Å²) >= 11 is 2.70. The Labute approximate surface area is 251 Å². The number of sulfonamides is 1. The number of amides is 3. The van der Waals surface area contributed by atoms with Gasteiger partial charge in [-0.3, -0.25) is 19.4 Å². The van der Waals surface area contributed by atoms with Crippen LogP contribution in [0.15, 0.2) is 80.9 Å². The Hall–Kier alpha value is -3.85. The quantitative estimate of drug-likeness (QED) is 0.297. The Morgan fingerprint density at radius 1 is 1.02 bits per heavy atom. The molecule has 0 unspecified atom stereocenters. The smallest absolute Gasteiger partial charge is 0.259 e. The number of nitrogens with zero attached hydrogens (tertiary/aromatic N) is 3. The van der Waals surface area contributed by atoms with Crippen molar-refractivity contribution in [3.05, 3.63) is 82.0 Å². The molecule has 2 aliphatic heterocycles. The van der Waals surface area contributed by atoms with Crippen LogP contribution in [0.3, 0.4) is 0 Å². The average molecular weight is 625 g/mol. The van der Waals surface area contributed by atoms with Gasteiger partial charge in [0.05, 0.1) is 22.9 Å². The molecule has 0 spiro atoms. The van der Waals surface area contributed by atoms with Crippen molar-refractivity contribution in [3.8, 4) is 0 Å². The Kier molecular flexibility index (Phi) is 9.16. The van der Waals surface area contributed by atoms with Gasteiger partial charge in [-0.05, 0) is 54.1 Å². The van der Waals surface area contributed by atoms with Gasteiger partial charge in [-0.1, -0.05) is 42.1 Å². The van der Waals surface area contributed by atoms with Crippen molar-refractivity contribution >= 4 is 67.5 Å². The van der Waals surface area contributed by atoms with E-state index in [4.69, 9.17) is 5.14 Å². The van der Waals surface area contributed by atoms with Gasteiger partial charge < -0.3 is 10.6 Å². The van der Waals surface area contributed by atoms with Crippen molar-refractivity contribution in [1.82, 2.24) is 15.5 Å². The number of rotatable bonds is 11. The number of aliphatic imine (C=N–C) groups is 2. The lowest BCUT2D eigenvalue weighted by Crippen LogP contribution is -2.42.